The van der Waals surface area contributed by atoms with Gasteiger partial charge in [-0.25, -0.2) is 0 Å². The van der Waals surface area contributed by atoms with E-state index in [1.807, 2.05) is 24.3 Å². The van der Waals surface area contributed by atoms with Crippen LogP contribution in [0.3, 0.4) is 0 Å². The fourth-order valence-corrected chi connectivity index (χ4v) is 3.08. The maximum Gasteiger partial charge on any atom is 0.416 e. The van der Waals surface area contributed by atoms with Crippen LogP contribution in [0.25, 0.3) is 0 Å². The predicted octanol–water partition coefficient (Wildman–Crippen LogP) is 4.89. The Hall–Kier alpha value is -3.68. The van der Waals surface area contributed by atoms with Gasteiger partial charge in [-0.15, -0.1) is 0 Å². The molecule has 0 heterocycles. The second kappa shape index (κ2) is 10.1. The molecule has 0 aliphatic rings. The zero-order valence-corrected chi connectivity index (χ0v) is 17.4. The van der Waals surface area contributed by atoms with Gasteiger partial charge in [-0.1, -0.05) is 30.3 Å². The third-order valence-electron chi connectivity index (χ3n) is 4.80. The highest BCUT2D eigenvalue weighted by Crippen LogP contribution is 2.29. The van der Waals surface area contributed by atoms with Crippen LogP contribution < -0.4 is 15.4 Å². The van der Waals surface area contributed by atoms with Gasteiger partial charge in [-0.05, 0) is 53.1 Å². The lowest BCUT2D eigenvalue weighted by molar-refractivity contribution is -0.137. The maximum absolute atomic E-state index is 12.8. The molecular weight excluding hydrogens is 421 g/mol. The molecule has 0 spiro atoms. The zero-order valence-electron chi connectivity index (χ0n) is 17.4. The third kappa shape index (κ3) is 6.41. The van der Waals surface area contributed by atoms with Crippen molar-refractivity contribution in [3.8, 4) is 11.5 Å². The van der Waals surface area contributed by atoms with Crippen molar-refractivity contribution in [2.75, 3.05) is 12.4 Å². The lowest BCUT2D eigenvalue weighted by Crippen LogP contribution is -2.24. The van der Waals surface area contributed by atoms with Crippen LogP contribution in [0.2, 0.25) is 0 Å². The van der Waals surface area contributed by atoms with E-state index in [1.54, 1.807) is 24.3 Å². The second-order valence-electron chi connectivity index (χ2n) is 7.21. The van der Waals surface area contributed by atoms with Crippen molar-refractivity contribution < 1.29 is 27.8 Å². The molecule has 0 aliphatic carbocycles. The number of carbonyl (C=O) groups excluding carboxylic acids is 1. The van der Waals surface area contributed by atoms with Crippen LogP contribution in [-0.2, 0) is 30.5 Å². The molecule has 0 saturated heterocycles. The molecule has 0 atom stereocenters. The number of carbonyl (C=O) groups is 1. The second-order valence-corrected chi connectivity index (χ2v) is 7.21. The summed E-state index contributed by atoms with van der Waals surface area (Å²) in [6.45, 7) is 0.548. The van der Waals surface area contributed by atoms with E-state index in [4.69, 9.17) is 4.74 Å². The van der Waals surface area contributed by atoms with Crippen molar-refractivity contribution in [2.45, 2.75) is 25.7 Å². The Morgan fingerprint density at radius 3 is 2.31 bits per heavy atom. The first-order valence-electron chi connectivity index (χ1n) is 9.86. The Kier molecular flexibility index (Phi) is 7.25. The highest BCUT2D eigenvalue weighted by atomic mass is 19.4. The van der Waals surface area contributed by atoms with E-state index in [2.05, 4.69) is 10.6 Å². The molecule has 168 valence electrons. The molecule has 3 aromatic rings. The summed E-state index contributed by atoms with van der Waals surface area (Å²) in [5.74, 6) is 0.196. The topological polar surface area (TPSA) is 70.6 Å². The average molecular weight is 444 g/mol. The first kappa shape index (κ1) is 23.0. The molecule has 5 nitrogen and oxygen atoms in total. The first-order chi connectivity index (χ1) is 15.2. The summed E-state index contributed by atoms with van der Waals surface area (Å²) in [5, 5.41) is 15.5. The number of alkyl halides is 3. The molecule has 8 heteroatoms. The van der Waals surface area contributed by atoms with Gasteiger partial charge in [0.25, 0.3) is 0 Å². The monoisotopic (exact) mass is 444 g/mol. The summed E-state index contributed by atoms with van der Waals surface area (Å²) in [7, 11) is 1.49. The largest absolute Gasteiger partial charge is 0.504 e. The number of aromatic hydroxyl groups is 1. The van der Waals surface area contributed by atoms with Crippen LogP contribution in [0.1, 0.15) is 22.3 Å². The minimum atomic E-state index is -4.41. The van der Waals surface area contributed by atoms with E-state index in [0.717, 1.165) is 28.9 Å². The molecule has 0 fully saturated rings. The van der Waals surface area contributed by atoms with Gasteiger partial charge >= 0.3 is 6.18 Å². The quantitative estimate of drug-likeness (QED) is 0.463. The molecule has 3 N–H and O–H groups in total. The van der Waals surface area contributed by atoms with Crippen molar-refractivity contribution >= 4 is 11.6 Å². The van der Waals surface area contributed by atoms with Crippen molar-refractivity contribution in [3.63, 3.8) is 0 Å². The number of amides is 1. The van der Waals surface area contributed by atoms with Gasteiger partial charge in [0.2, 0.25) is 5.91 Å². The molecule has 32 heavy (non-hydrogen) atoms. The van der Waals surface area contributed by atoms with Crippen LogP contribution in [-0.4, -0.2) is 18.1 Å². The van der Waals surface area contributed by atoms with Gasteiger partial charge in [-0.2, -0.15) is 13.2 Å². The number of methoxy groups -OCH3 is 1. The minimum Gasteiger partial charge on any atom is -0.504 e. The van der Waals surface area contributed by atoms with Gasteiger partial charge in [-0.3, -0.25) is 4.79 Å². The van der Waals surface area contributed by atoms with Crippen LogP contribution in [0.5, 0.6) is 11.5 Å². The minimum absolute atomic E-state index is 0.0263. The van der Waals surface area contributed by atoms with E-state index in [0.29, 0.717) is 17.9 Å². The van der Waals surface area contributed by atoms with E-state index in [-0.39, 0.29) is 24.6 Å². The summed E-state index contributed by atoms with van der Waals surface area (Å²) >= 11 is 0. The Labute approximate surface area is 183 Å². The van der Waals surface area contributed by atoms with E-state index >= 15 is 0 Å². The number of benzene rings is 3. The third-order valence-corrected chi connectivity index (χ3v) is 4.80. The molecule has 3 aromatic carbocycles. The summed E-state index contributed by atoms with van der Waals surface area (Å²) in [6, 6.07) is 17.3. The predicted molar refractivity (Wildman–Crippen MR) is 115 cm³/mol. The van der Waals surface area contributed by atoms with Gasteiger partial charge in [0.15, 0.2) is 11.5 Å². The number of phenols is 1. The molecule has 0 unspecified atom stereocenters. The van der Waals surface area contributed by atoms with Crippen LogP contribution in [0, 0.1) is 0 Å². The smallest absolute Gasteiger partial charge is 0.416 e. The van der Waals surface area contributed by atoms with Gasteiger partial charge < -0.3 is 20.5 Å². The molecule has 0 bridgehead atoms. The Balaban J connectivity index is 1.49. The van der Waals surface area contributed by atoms with E-state index in [9.17, 15) is 23.1 Å². The molecule has 0 aromatic heterocycles. The van der Waals surface area contributed by atoms with Crippen LogP contribution in [0.4, 0.5) is 18.9 Å². The SMILES string of the molecule is COc1cc(CNc2ccc(CC(=O)NCc3cccc(C(F)(F)F)c3)cc2)ccc1O. The summed E-state index contributed by atoms with van der Waals surface area (Å²) < 4.78 is 43.4. The number of nitrogens with one attached hydrogen (secondary N) is 2. The number of halogens is 3. The highest BCUT2D eigenvalue weighted by Gasteiger charge is 2.30. The van der Waals surface area contributed by atoms with E-state index < -0.39 is 11.7 Å². The summed E-state index contributed by atoms with van der Waals surface area (Å²) in [4.78, 5) is 12.2. The summed E-state index contributed by atoms with van der Waals surface area (Å²) in [6.07, 6.45) is -4.29. The van der Waals surface area contributed by atoms with Crippen molar-refractivity contribution in [3.05, 3.63) is 89.0 Å². The normalized spacial score (nSPS) is 11.1. The first-order valence-corrected chi connectivity index (χ1v) is 9.86. The van der Waals surface area contributed by atoms with Crippen molar-refractivity contribution in [2.24, 2.45) is 0 Å². The number of anilines is 1. The molecule has 0 aliphatic heterocycles. The maximum atomic E-state index is 12.8. The number of rotatable bonds is 8. The molecule has 1 amide bonds. The Bertz CT molecular complexity index is 1070. The van der Waals surface area contributed by atoms with Crippen molar-refractivity contribution in [1.82, 2.24) is 5.32 Å². The molecule has 0 saturated carbocycles. The van der Waals surface area contributed by atoms with E-state index in [1.165, 1.54) is 13.2 Å². The Morgan fingerprint density at radius 2 is 1.62 bits per heavy atom. The lowest BCUT2D eigenvalue weighted by atomic mass is 10.1. The fraction of sp³-hybridized carbons (Fsp3) is 0.208. The van der Waals surface area contributed by atoms with Crippen LogP contribution in [0.15, 0.2) is 66.7 Å². The average Bonchev–Trinajstić information content (AvgIpc) is 2.78. The highest BCUT2D eigenvalue weighted by molar-refractivity contribution is 5.78. The Morgan fingerprint density at radius 1 is 0.938 bits per heavy atom. The molecular formula is C24H23F3N2O3. The van der Waals surface area contributed by atoms with Crippen LogP contribution >= 0.6 is 0 Å². The number of phenolic OH excluding ortho intramolecular Hbond substituents is 1. The number of ether oxygens (including phenoxy) is 1. The molecule has 0 radical (unpaired) electrons. The number of hydrogen-bond donors (Lipinski definition) is 3. The lowest BCUT2D eigenvalue weighted by Gasteiger charge is -2.11. The van der Waals surface area contributed by atoms with Gasteiger partial charge in [0.05, 0.1) is 19.1 Å². The number of hydrogen-bond acceptors (Lipinski definition) is 4. The van der Waals surface area contributed by atoms with Gasteiger partial charge in [0, 0.05) is 18.8 Å². The fourth-order valence-electron chi connectivity index (χ4n) is 3.08. The summed E-state index contributed by atoms with van der Waals surface area (Å²) in [5.41, 5.74) is 2.21. The molecule has 3 rings (SSSR count). The standard InChI is InChI=1S/C24H23F3N2O3/c1-32-22-12-18(7-10-21(22)30)14-28-20-8-5-16(6-9-20)13-23(31)29-15-17-3-2-4-19(11-17)24(25,26)27/h2-12,28,30H,13-15H2,1H3,(H,29,31). The zero-order chi connectivity index (χ0) is 23.1. The van der Waals surface area contributed by atoms with Crippen molar-refractivity contribution in [1.29, 1.82) is 0 Å². The van der Waals surface area contributed by atoms with Gasteiger partial charge in [0.1, 0.15) is 0 Å².